The lowest BCUT2D eigenvalue weighted by molar-refractivity contribution is 1.19. The molecule has 0 saturated heterocycles. The minimum absolute atomic E-state index is 0.204. The zero-order valence-corrected chi connectivity index (χ0v) is 15.3. The van der Waals surface area contributed by atoms with Crippen molar-refractivity contribution in [3.63, 3.8) is 0 Å². The summed E-state index contributed by atoms with van der Waals surface area (Å²) in [5, 5.41) is 2.62. The lowest BCUT2D eigenvalue weighted by Gasteiger charge is -2.27. The molecule has 0 N–H and O–H groups in total. The molecule has 0 fully saturated rings. The molecule has 4 aromatic carbocycles. The van der Waals surface area contributed by atoms with Gasteiger partial charge in [-0.05, 0) is 41.9 Å². The van der Waals surface area contributed by atoms with Crippen LogP contribution >= 0.6 is 0 Å². The van der Waals surface area contributed by atoms with E-state index in [9.17, 15) is 0 Å². The SMILES string of the molecule is C=Nc1ccc(B2c3ccccc3-n3c4ccccc4c4cccc2c43)cc1. The van der Waals surface area contributed by atoms with Gasteiger partial charge < -0.3 is 4.57 Å². The minimum atomic E-state index is 0.204. The summed E-state index contributed by atoms with van der Waals surface area (Å²) in [7, 11) is 0. The first-order valence-electron chi connectivity index (χ1n) is 9.55. The first-order chi connectivity index (χ1) is 13.9. The molecule has 3 heteroatoms. The molecule has 5 aromatic rings. The van der Waals surface area contributed by atoms with Crippen molar-refractivity contribution < 1.29 is 0 Å². The molecule has 2 nitrogen and oxygen atoms in total. The second kappa shape index (κ2) is 5.70. The van der Waals surface area contributed by atoms with E-state index in [2.05, 4.69) is 107 Å². The fourth-order valence-corrected chi connectivity index (χ4v) is 4.76. The van der Waals surface area contributed by atoms with Gasteiger partial charge in [0.2, 0.25) is 6.71 Å². The average molecular weight is 356 g/mol. The van der Waals surface area contributed by atoms with Gasteiger partial charge >= 0.3 is 0 Å². The molecule has 1 aromatic heterocycles. The molecule has 0 saturated carbocycles. The number of aromatic nitrogens is 1. The van der Waals surface area contributed by atoms with E-state index in [1.165, 1.54) is 43.9 Å². The van der Waals surface area contributed by atoms with E-state index in [1.807, 2.05) is 0 Å². The molecule has 0 radical (unpaired) electrons. The highest BCUT2D eigenvalue weighted by Gasteiger charge is 2.32. The van der Waals surface area contributed by atoms with Gasteiger partial charge in [0.15, 0.2) is 0 Å². The Morgan fingerprint density at radius 1 is 0.679 bits per heavy atom. The normalized spacial score (nSPS) is 12.4. The monoisotopic (exact) mass is 356 g/mol. The average Bonchev–Trinajstić information content (AvgIpc) is 3.11. The van der Waals surface area contributed by atoms with Crippen LogP contribution in [0, 0.1) is 0 Å². The highest BCUT2D eigenvalue weighted by Crippen LogP contribution is 2.32. The highest BCUT2D eigenvalue weighted by molar-refractivity contribution is 6.98. The smallest absolute Gasteiger partial charge is 0.246 e. The number of nitrogens with zero attached hydrogens (tertiary/aromatic N) is 2. The van der Waals surface area contributed by atoms with E-state index in [0.717, 1.165) is 5.69 Å². The Morgan fingerprint density at radius 3 is 2.25 bits per heavy atom. The minimum Gasteiger partial charge on any atom is -0.310 e. The maximum Gasteiger partial charge on any atom is 0.246 e. The molecular formula is C25H17BN2. The van der Waals surface area contributed by atoms with Gasteiger partial charge in [-0.2, -0.15) is 0 Å². The van der Waals surface area contributed by atoms with Gasteiger partial charge in [0.05, 0.1) is 11.2 Å². The quantitative estimate of drug-likeness (QED) is 0.330. The third-order valence-electron chi connectivity index (χ3n) is 5.93. The van der Waals surface area contributed by atoms with Crippen molar-refractivity contribution >= 4 is 57.3 Å². The lowest BCUT2D eigenvalue weighted by atomic mass is 9.35. The summed E-state index contributed by atoms with van der Waals surface area (Å²) < 4.78 is 2.44. The van der Waals surface area contributed by atoms with Crippen LogP contribution in [0.1, 0.15) is 0 Å². The number of aliphatic imine (C=N–C) groups is 1. The predicted octanol–water partition coefficient (Wildman–Crippen LogP) is 3.95. The van der Waals surface area contributed by atoms with Crippen molar-refractivity contribution in [2.24, 2.45) is 4.99 Å². The molecule has 0 aliphatic carbocycles. The van der Waals surface area contributed by atoms with Gasteiger partial charge in [-0.25, -0.2) is 0 Å². The van der Waals surface area contributed by atoms with Crippen molar-refractivity contribution in [1.29, 1.82) is 0 Å². The molecule has 1 aliphatic rings. The number of hydrogen-bond donors (Lipinski definition) is 0. The van der Waals surface area contributed by atoms with Crippen molar-refractivity contribution in [3.8, 4) is 5.69 Å². The number of rotatable bonds is 2. The molecular weight excluding hydrogens is 339 g/mol. The Kier molecular flexibility index (Phi) is 3.15. The van der Waals surface area contributed by atoms with Crippen LogP contribution in [0.2, 0.25) is 0 Å². The van der Waals surface area contributed by atoms with Crippen LogP contribution < -0.4 is 16.4 Å². The fourth-order valence-electron chi connectivity index (χ4n) is 4.76. The first-order valence-corrected chi connectivity index (χ1v) is 9.55. The Morgan fingerprint density at radius 2 is 1.39 bits per heavy atom. The maximum absolute atomic E-state index is 4.05. The summed E-state index contributed by atoms with van der Waals surface area (Å²) in [5.41, 5.74) is 8.72. The number of benzene rings is 4. The third kappa shape index (κ3) is 1.96. The molecule has 6 rings (SSSR count). The zero-order valence-electron chi connectivity index (χ0n) is 15.3. The highest BCUT2D eigenvalue weighted by atomic mass is 15.0. The number of fused-ring (bicyclic) bond motifs is 5. The topological polar surface area (TPSA) is 17.3 Å². The molecule has 0 unspecified atom stereocenters. The molecule has 0 amide bonds. The summed E-state index contributed by atoms with van der Waals surface area (Å²) in [6, 6.07) is 32.7. The van der Waals surface area contributed by atoms with Crippen LogP contribution in [-0.2, 0) is 0 Å². The number of hydrogen-bond acceptors (Lipinski definition) is 1. The Labute approximate surface area is 163 Å². The van der Waals surface area contributed by atoms with E-state index in [1.54, 1.807) is 0 Å². The van der Waals surface area contributed by atoms with Gasteiger partial charge in [0.25, 0.3) is 0 Å². The zero-order chi connectivity index (χ0) is 18.7. The van der Waals surface area contributed by atoms with E-state index in [4.69, 9.17) is 0 Å². The Hall–Kier alpha value is -3.59. The van der Waals surface area contributed by atoms with Crippen molar-refractivity contribution in [1.82, 2.24) is 4.57 Å². The van der Waals surface area contributed by atoms with E-state index in [0.29, 0.717) is 0 Å². The fraction of sp³-hybridized carbons (Fsp3) is 0. The third-order valence-corrected chi connectivity index (χ3v) is 5.93. The summed E-state index contributed by atoms with van der Waals surface area (Å²) in [6.07, 6.45) is 0. The summed E-state index contributed by atoms with van der Waals surface area (Å²) in [4.78, 5) is 4.05. The molecule has 2 heterocycles. The second-order valence-corrected chi connectivity index (χ2v) is 7.34. The molecule has 0 atom stereocenters. The summed E-state index contributed by atoms with van der Waals surface area (Å²) in [5.74, 6) is 0. The van der Waals surface area contributed by atoms with Crippen molar-refractivity contribution in [3.05, 3.63) is 91.0 Å². The molecule has 1 aliphatic heterocycles. The molecule has 28 heavy (non-hydrogen) atoms. The predicted molar refractivity (Wildman–Crippen MR) is 121 cm³/mol. The maximum atomic E-state index is 4.05. The summed E-state index contributed by atoms with van der Waals surface area (Å²) in [6.45, 7) is 3.85. The molecule has 130 valence electrons. The summed E-state index contributed by atoms with van der Waals surface area (Å²) >= 11 is 0. The van der Waals surface area contributed by atoms with Crippen LogP contribution in [0.25, 0.3) is 27.5 Å². The standard InChI is InChI=1S/C25H17BN2/c1-27-18-15-13-17(14-16-18)26-21-9-3-5-12-24(21)28-23-11-4-2-7-19(23)20-8-6-10-22(26)25(20)28/h2-16H,1H2. The van der Waals surface area contributed by atoms with Crippen LogP contribution in [-0.4, -0.2) is 18.0 Å². The van der Waals surface area contributed by atoms with E-state index in [-0.39, 0.29) is 6.71 Å². The molecule has 0 bridgehead atoms. The van der Waals surface area contributed by atoms with Crippen molar-refractivity contribution in [2.45, 2.75) is 0 Å². The largest absolute Gasteiger partial charge is 0.310 e. The van der Waals surface area contributed by atoms with Gasteiger partial charge in [-0.1, -0.05) is 72.2 Å². The van der Waals surface area contributed by atoms with Crippen LogP contribution in [0.4, 0.5) is 5.69 Å². The Bertz CT molecular complexity index is 1380. The van der Waals surface area contributed by atoms with Gasteiger partial charge in [0, 0.05) is 22.0 Å². The number of para-hydroxylation sites is 3. The van der Waals surface area contributed by atoms with Crippen LogP contribution in [0.15, 0.2) is 96.0 Å². The van der Waals surface area contributed by atoms with Gasteiger partial charge in [-0.3, -0.25) is 4.99 Å². The Balaban J connectivity index is 1.77. The van der Waals surface area contributed by atoms with E-state index >= 15 is 0 Å². The lowest BCUT2D eigenvalue weighted by Crippen LogP contribution is -2.55. The van der Waals surface area contributed by atoms with Crippen molar-refractivity contribution in [2.75, 3.05) is 0 Å². The van der Waals surface area contributed by atoms with Gasteiger partial charge in [-0.15, -0.1) is 0 Å². The first kappa shape index (κ1) is 15.5. The van der Waals surface area contributed by atoms with Gasteiger partial charge in [0.1, 0.15) is 0 Å². The van der Waals surface area contributed by atoms with Crippen LogP contribution in [0.3, 0.4) is 0 Å². The van der Waals surface area contributed by atoms with Crippen LogP contribution in [0.5, 0.6) is 0 Å². The second-order valence-electron chi connectivity index (χ2n) is 7.34. The van der Waals surface area contributed by atoms with E-state index < -0.39 is 0 Å². The molecule has 0 spiro atoms.